The zero-order valence-electron chi connectivity index (χ0n) is 11.4. The van der Waals surface area contributed by atoms with Crippen molar-refractivity contribution in [2.45, 2.75) is 6.92 Å². The summed E-state index contributed by atoms with van der Waals surface area (Å²) in [5.41, 5.74) is -0.815. The van der Waals surface area contributed by atoms with Gasteiger partial charge in [-0.15, -0.1) is 0 Å². The van der Waals surface area contributed by atoms with Crippen molar-refractivity contribution in [3.8, 4) is 0 Å². The van der Waals surface area contributed by atoms with Crippen LogP contribution in [0.5, 0.6) is 0 Å². The van der Waals surface area contributed by atoms with Crippen LogP contribution >= 0.6 is 0 Å². The van der Waals surface area contributed by atoms with Gasteiger partial charge in [-0.2, -0.15) is 0 Å². The maximum Gasteiger partial charge on any atom is 0.261 e. The van der Waals surface area contributed by atoms with E-state index in [1.165, 1.54) is 13.0 Å². The van der Waals surface area contributed by atoms with E-state index in [0.29, 0.717) is 0 Å². The quantitative estimate of drug-likeness (QED) is 0.914. The van der Waals surface area contributed by atoms with E-state index in [1.807, 2.05) is 0 Å². The molecule has 0 atom stereocenters. The summed E-state index contributed by atoms with van der Waals surface area (Å²) in [4.78, 5) is 22.8. The smallest absolute Gasteiger partial charge is 0.261 e. The van der Waals surface area contributed by atoms with Crippen molar-refractivity contribution in [1.82, 2.24) is 0 Å². The Balaban J connectivity index is 2.27. The summed E-state index contributed by atoms with van der Waals surface area (Å²) in [6.45, 7) is 1.19. The monoisotopic (exact) mass is 308 g/mol. The molecule has 22 heavy (non-hydrogen) atoms. The summed E-state index contributed by atoms with van der Waals surface area (Å²) < 4.78 is 40.5. The number of hydrogen-bond donors (Lipinski definition) is 2. The first kappa shape index (κ1) is 15.6. The number of halogens is 3. The number of rotatable bonds is 3. The molecule has 2 rings (SSSR count). The molecular weight excluding hydrogens is 297 g/mol. The second-order valence-corrected chi connectivity index (χ2v) is 4.43. The van der Waals surface area contributed by atoms with Gasteiger partial charge >= 0.3 is 0 Å². The van der Waals surface area contributed by atoms with Crippen LogP contribution in [0, 0.1) is 17.5 Å². The molecule has 0 saturated heterocycles. The van der Waals surface area contributed by atoms with Crippen molar-refractivity contribution < 1.29 is 22.8 Å². The molecule has 0 spiro atoms. The van der Waals surface area contributed by atoms with Crippen LogP contribution in [-0.4, -0.2) is 11.8 Å². The molecule has 2 N–H and O–H groups in total. The summed E-state index contributed by atoms with van der Waals surface area (Å²) in [5.74, 6) is -4.24. The minimum atomic E-state index is -1.02. The number of benzene rings is 2. The molecule has 4 nitrogen and oxygen atoms in total. The molecule has 0 aliphatic rings. The summed E-state index contributed by atoms with van der Waals surface area (Å²) in [5, 5.41) is 4.48. The molecule has 7 heteroatoms. The average Bonchev–Trinajstić information content (AvgIpc) is 2.42. The third kappa shape index (κ3) is 3.43. The van der Waals surface area contributed by atoms with Gasteiger partial charge in [0, 0.05) is 12.6 Å². The molecule has 2 aromatic carbocycles. The highest BCUT2D eigenvalue weighted by Crippen LogP contribution is 2.21. The molecule has 0 unspecified atom stereocenters. The lowest BCUT2D eigenvalue weighted by Gasteiger charge is -2.10. The first-order valence-electron chi connectivity index (χ1n) is 6.21. The number of carbonyl (C=O) groups is 2. The molecule has 114 valence electrons. The molecule has 2 amide bonds. The van der Waals surface area contributed by atoms with Crippen LogP contribution in [0.1, 0.15) is 17.3 Å². The minimum absolute atomic E-state index is 0.0813. The number of amides is 2. The van der Waals surface area contributed by atoms with Crippen molar-refractivity contribution in [1.29, 1.82) is 0 Å². The Morgan fingerprint density at radius 1 is 0.909 bits per heavy atom. The van der Waals surface area contributed by atoms with Gasteiger partial charge in [-0.25, -0.2) is 13.2 Å². The van der Waals surface area contributed by atoms with Crippen molar-refractivity contribution in [2.24, 2.45) is 0 Å². The van der Waals surface area contributed by atoms with Gasteiger partial charge in [0.1, 0.15) is 23.0 Å². The fraction of sp³-hybridized carbons (Fsp3) is 0.0667. The highest BCUT2D eigenvalue weighted by Gasteiger charge is 2.17. The molecule has 0 aromatic heterocycles. The first-order valence-corrected chi connectivity index (χ1v) is 6.21. The predicted molar refractivity (Wildman–Crippen MR) is 75.0 cm³/mol. The van der Waals surface area contributed by atoms with E-state index in [2.05, 4.69) is 10.6 Å². The topological polar surface area (TPSA) is 58.2 Å². The van der Waals surface area contributed by atoms with E-state index in [-0.39, 0.29) is 11.4 Å². The Hall–Kier alpha value is -2.83. The van der Waals surface area contributed by atoms with E-state index >= 15 is 0 Å². The summed E-state index contributed by atoms with van der Waals surface area (Å²) in [6, 6.07) is 6.40. The van der Waals surface area contributed by atoms with Gasteiger partial charge in [-0.3, -0.25) is 9.59 Å². The van der Waals surface area contributed by atoms with Crippen molar-refractivity contribution in [2.75, 3.05) is 10.6 Å². The number of anilines is 2. The molecule has 0 fully saturated rings. The maximum atomic E-state index is 13.5. The lowest BCUT2D eigenvalue weighted by Crippen LogP contribution is -2.16. The second kappa shape index (κ2) is 6.30. The Kier molecular flexibility index (Phi) is 4.45. The Labute approximate surface area is 124 Å². The standard InChI is InChI=1S/C15H11F3N2O2/c1-8(21)19-13-7-9(5-6-10(13)16)20-15(22)14-11(17)3-2-4-12(14)18/h2-7H,1H3,(H,19,21)(H,20,22). The summed E-state index contributed by atoms with van der Waals surface area (Å²) in [6.07, 6.45) is 0. The number of nitrogens with one attached hydrogen (secondary N) is 2. The van der Waals surface area contributed by atoms with Gasteiger partial charge in [-0.05, 0) is 30.3 Å². The molecule has 0 bridgehead atoms. The van der Waals surface area contributed by atoms with E-state index in [0.717, 1.165) is 30.3 Å². The van der Waals surface area contributed by atoms with Gasteiger partial charge in [0.2, 0.25) is 5.91 Å². The number of hydrogen-bond acceptors (Lipinski definition) is 2. The first-order chi connectivity index (χ1) is 10.4. The molecule has 0 aliphatic carbocycles. The second-order valence-electron chi connectivity index (χ2n) is 4.43. The van der Waals surface area contributed by atoms with Gasteiger partial charge in [-0.1, -0.05) is 6.07 Å². The molecule has 2 aromatic rings. The van der Waals surface area contributed by atoms with Crippen molar-refractivity contribution >= 4 is 23.2 Å². The minimum Gasteiger partial charge on any atom is -0.324 e. The fourth-order valence-electron chi connectivity index (χ4n) is 1.80. The zero-order chi connectivity index (χ0) is 16.3. The van der Waals surface area contributed by atoms with Gasteiger partial charge < -0.3 is 10.6 Å². The van der Waals surface area contributed by atoms with Gasteiger partial charge in [0.25, 0.3) is 5.91 Å². The fourth-order valence-corrected chi connectivity index (χ4v) is 1.80. The molecule has 0 saturated carbocycles. The van der Waals surface area contributed by atoms with Gasteiger partial charge in [0.05, 0.1) is 5.69 Å². The van der Waals surface area contributed by atoms with Crippen LogP contribution < -0.4 is 10.6 Å². The van der Waals surface area contributed by atoms with Crippen molar-refractivity contribution in [3.05, 3.63) is 59.4 Å². The lowest BCUT2D eigenvalue weighted by atomic mass is 10.1. The van der Waals surface area contributed by atoms with Crippen LogP contribution in [0.3, 0.4) is 0 Å². The molecule has 0 aliphatic heterocycles. The third-order valence-electron chi connectivity index (χ3n) is 2.72. The largest absolute Gasteiger partial charge is 0.324 e. The summed E-state index contributed by atoms with van der Waals surface area (Å²) >= 11 is 0. The van der Waals surface area contributed by atoms with Crippen LogP contribution in [0.4, 0.5) is 24.5 Å². The zero-order valence-corrected chi connectivity index (χ0v) is 11.4. The SMILES string of the molecule is CC(=O)Nc1cc(NC(=O)c2c(F)cccc2F)ccc1F. The Morgan fingerprint density at radius 3 is 2.14 bits per heavy atom. The Bertz CT molecular complexity index is 727. The Morgan fingerprint density at radius 2 is 1.55 bits per heavy atom. The van der Waals surface area contributed by atoms with E-state index in [9.17, 15) is 22.8 Å². The van der Waals surface area contributed by atoms with E-state index in [1.54, 1.807) is 0 Å². The predicted octanol–water partition coefficient (Wildman–Crippen LogP) is 3.31. The van der Waals surface area contributed by atoms with Crippen molar-refractivity contribution in [3.63, 3.8) is 0 Å². The van der Waals surface area contributed by atoms with Crippen LogP contribution in [0.25, 0.3) is 0 Å². The average molecular weight is 308 g/mol. The molecule has 0 radical (unpaired) electrons. The highest BCUT2D eigenvalue weighted by atomic mass is 19.1. The van der Waals surface area contributed by atoms with Crippen LogP contribution in [-0.2, 0) is 4.79 Å². The highest BCUT2D eigenvalue weighted by molar-refractivity contribution is 6.05. The van der Waals surface area contributed by atoms with E-state index in [4.69, 9.17) is 0 Å². The molecule has 0 heterocycles. The summed E-state index contributed by atoms with van der Waals surface area (Å²) in [7, 11) is 0. The molecular formula is C15H11F3N2O2. The van der Waals surface area contributed by atoms with Crippen LogP contribution in [0.2, 0.25) is 0 Å². The maximum absolute atomic E-state index is 13.5. The third-order valence-corrected chi connectivity index (χ3v) is 2.72. The number of carbonyl (C=O) groups excluding carboxylic acids is 2. The van der Waals surface area contributed by atoms with E-state index < -0.39 is 34.8 Å². The lowest BCUT2D eigenvalue weighted by molar-refractivity contribution is -0.114. The van der Waals surface area contributed by atoms with Crippen LogP contribution in [0.15, 0.2) is 36.4 Å². The normalized spacial score (nSPS) is 10.2. The van der Waals surface area contributed by atoms with Gasteiger partial charge in [0.15, 0.2) is 0 Å².